The first-order chi connectivity index (χ1) is 12.8. The summed E-state index contributed by atoms with van der Waals surface area (Å²) in [5.41, 5.74) is 1.09. The molecule has 0 atom stereocenters. The maximum atomic E-state index is 12.5. The number of hydrogen-bond acceptors (Lipinski definition) is 4. The highest BCUT2D eigenvalue weighted by atomic mass is 79.9. The molecular weight excluding hydrogens is 475 g/mol. The molecule has 0 radical (unpaired) electrons. The van der Waals surface area contributed by atoms with Gasteiger partial charge < -0.3 is 5.32 Å². The summed E-state index contributed by atoms with van der Waals surface area (Å²) in [7, 11) is 0. The zero-order valence-electron chi connectivity index (χ0n) is 13.5. The Labute approximate surface area is 177 Å². The number of anilines is 1. The molecule has 0 aliphatic carbocycles. The average molecular weight is 486 g/mol. The highest BCUT2D eigenvalue weighted by molar-refractivity contribution is 9.10. The standard InChI is InChI=1S/C18H11BrCl2N2O3S/c19-11-4-6-12(7-5-11)22-15(24)9-23-17(25)14(27-18(23)26)8-10-2-1-3-13(20)16(10)21/h1-8H,9H2,(H,22,24)/b14-8+. The third kappa shape index (κ3) is 4.73. The van der Waals surface area contributed by atoms with Crippen LogP contribution < -0.4 is 5.32 Å². The van der Waals surface area contributed by atoms with E-state index < -0.39 is 17.1 Å². The molecule has 0 aromatic heterocycles. The molecular formula is C18H11BrCl2N2O3S. The number of nitrogens with one attached hydrogen (secondary N) is 1. The first-order valence-electron chi connectivity index (χ1n) is 7.60. The van der Waals surface area contributed by atoms with Gasteiger partial charge in [0.25, 0.3) is 11.1 Å². The molecule has 1 N–H and O–H groups in total. The number of amides is 3. The van der Waals surface area contributed by atoms with Crippen molar-refractivity contribution in [3.63, 3.8) is 0 Å². The molecule has 0 bridgehead atoms. The predicted octanol–water partition coefficient (Wildman–Crippen LogP) is 5.43. The number of imide groups is 1. The van der Waals surface area contributed by atoms with Crippen LogP contribution in [0.25, 0.3) is 6.08 Å². The Bertz CT molecular complexity index is 964. The summed E-state index contributed by atoms with van der Waals surface area (Å²) >= 11 is 16.1. The van der Waals surface area contributed by atoms with Crippen molar-refractivity contribution in [1.29, 1.82) is 0 Å². The minimum absolute atomic E-state index is 0.181. The largest absolute Gasteiger partial charge is 0.325 e. The summed E-state index contributed by atoms with van der Waals surface area (Å²) in [6.07, 6.45) is 1.49. The average Bonchev–Trinajstić information content (AvgIpc) is 2.88. The van der Waals surface area contributed by atoms with Crippen molar-refractivity contribution in [3.8, 4) is 0 Å². The molecule has 1 aliphatic rings. The minimum Gasteiger partial charge on any atom is -0.325 e. The molecule has 1 heterocycles. The first kappa shape index (κ1) is 19.9. The van der Waals surface area contributed by atoms with Crippen LogP contribution in [0.2, 0.25) is 10.0 Å². The monoisotopic (exact) mass is 484 g/mol. The quantitative estimate of drug-likeness (QED) is 0.586. The van der Waals surface area contributed by atoms with Gasteiger partial charge in [0.15, 0.2) is 0 Å². The molecule has 1 aliphatic heterocycles. The summed E-state index contributed by atoms with van der Waals surface area (Å²) in [5.74, 6) is -1.02. The summed E-state index contributed by atoms with van der Waals surface area (Å²) in [5, 5.41) is 2.76. The highest BCUT2D eigenvalue weighted by Gasteiger charge is 2.36. The zero-order chi connectivity index (χ0) is 19.6. The Morgan fingerprint density at radius 2 is 1.85 bits per heavy atom. The van der Waals surface area contributed by atoms with Gasteiger partial charge in [-0.15, -0.1) is 0 Å². The van der Waals surface area contributed by atoms with Crippen molar-refractivity contribution in [1.82, 2.24) is 4.90 Å². The van der Waals surface area contributed by atoms with E-state index in [4.69, 9.17) is 23.2 Å². The number of carbonyl (C=O) groups excluding carboxylic acids is 3. The number of nitrogens with zero attached hydrogens (tertiary/aromatic N) is 1. The van der Waals surface area contributed by atoms with E-state index in [1.807, 2.05) is 0 Å². The fraction of sp³-hybridized carbons (Fsp3) is 0.0556. The Hall–Kier alpha value is -1.80. The predicted molar refractivity (Wildman–Crippen MR) is 112 cm³/mol. The van der Waals surface area contributed by atoms with Gasteiger partial charge in [-0.25, -0.2) is 0 Å². The number of hydrogen-bond donors (Lipinski definition) is 1. The van der Waals surface area contributed by atoms with E-state index in [2.05, 4.69) is 21.2 Å². The first-order valence-corrected chi connectivity index (χ1v) is 9.96. The summed E-state index contributed by atoms with van der Waals surface area (Å²) in [6.45, 7) is -0.374. The van der Waals surface area contributed by atoms with Gasteiger partial charge in [0.1, 0.15) is 6.54 Å². The van der Waals surface area contributed by atoms with E-state index in [0.29, 0.717) is 21.3 Å². The fourth-order valence-corrected chi connectivity index (χ4v) is 3.74. The number of halogens is 3. The maximum Gasteiger partial charge on any atom is 0.294 e. The van der Waals surface area contributed by atoms with Gasteiger partial charge in [0.2, 0.25) is 5.91 Å². The lowest BCUT2D eigenvalue weighted by molar-refractivity contribution is -0.127. The van der Waals surface area contributed by atoms with Crippen LogP contribution >= 0.6 is 50.9 Å². The van der Waals surface area contributed by atoms with Gasteiger partial charge >= 0.3 is 0 Å². The SMILES string of the molecule is O=C(CN1C(=O)S/C(=C/c2cccc(Cl)c2Cl)C1=O)Nc1ccc(Br)cc1. The second-order valence-corrected chi connectivity index (χ2v) is 8.16. The van der Waals surface area contributed by atoms with Gasteiger partial charge in [-0.2, -0.15) is 0 Å². The number of carbonyl (C=O) groups is 3. The molecule has 2 aromatic rings. The van der Waals surface area contributed by atoms with Crippen LogP contribution in [-0.4, -0.2) is 28.5 Å². The molecule has 1 fully saturated rings. The molecule has 9 heteroatoms. The van der Waals surface area contributed by atoms with Crippen molar-refractivity contribution in [2.45, 2.75) is 0 Å². The van der Waals surface area contributed by atoms with E-state index in [0.717, 1.165) is 21.1 Å². The molecule has 0 saturated carbocycles. The minimum atomic E-state index is -0.549. The Morgan fingerprint density at radius 1 is 1.15 bits per heavy atom. The van der Waals surface area contributed by atoms with E-state index in [-0.39, 0.29) is 11.4 Å². The van der Waals surface area contributed by atoms with Crippen LogP contribution in [0.15, 0.2) is 51.8 Å². The molecule has 5 nitrogen and oxygen atoms in total. The van der Waals surface area contributed by atoms with Gasteiger partial charge in [-0.1, -0.05) is 51.3 Å². The maximum absolute atomic E-state index is 12.5. The van der Waals surface area contributed by atoms with Crippen molar-refractivity contribution in [2.24, 2.45) is 0 Å². The third-order valence-electron chi connectivity index (χ3n) is 3.57. The molecule has 2 aromatic carbocycles. The van der Waals surface area contributed by atoms with Gasteiger partial charge in [0, 0.05) is 10.2 Å². The Kier molecular flexibility index (Phi) is 6.26. The molecule has 3 amide bonds. The van der Waals surface area contributed by atoms with E-state index in [1.54, 1.807) is 42.5 Å². The summed E-state index contributed by atoms with van der Waals surface area (Å²) in [4.78, 5) is 37.9. The van der Waals surface area contributed by atoms with E-state index in [9.17, 15) is 14.4 Å². The number of thioether (sulfide) groups is 1. The topological polar surface area (TPSA) is 66.5 Å². The van der Waals surface area contributed by atoms with Crippen molar-refractivity contribution in [3.05, 3.63) is 67.5 Å². The highest BCUT2D eigenvalue weighted by Crippen LogP contribution is 2.35. The fourth-order valence-electron chi connectivity index (χ4n) is 2.29. The van der Waals surface area contributed by atoms with Gasteiger partial charge in [-0.05, 0) is 53.7 Å². The molecule has 1 saturated heterocycles. The van der Waals surface area contributed by atoms with E-state index in [1.165, 1.54) is 6.08 Å². The normalized spacial score (nSPS) is 15.5. The van der Waals surface area contributed by atoms with Crippen LogP contribution in [0, 0.1) is 0 Å². The number of benzene rings is 2. The second kappa shape index (κ2) is 8.48. The second-order valence-electron chi connectivity index (χ2n) is 5.47. The van der Waals surface area contributed by atoms with Crippen LogP contribution in [0.4, 0.5) is 10.5 Å². The Balaban J connectivity index is 1.72. The van der Waals surface area contributed by atoms with Crippen molar-refractivity contribution < 1.29 is 14.4 Å². The van der Waals surface area contributed by atoms with Gasteiger partial charge in [0.05, 0.1) is 15.0 Å². The Morgan fingerprint density at radius 3 is 2.56 bits per heavy atom. The third-order valence-corrected chi connectivity index (χ3v) is 5.84. The van der Waals surface area contributed by atoms with Crippen LogP contribution in [-0.2, 0) is 9.59 Å². The zero-order valence-corrected chi connectivity index (χ0v) is 17.5. The summed E-state index contributed by atoms with van der Waals surface area (Å²) in [6, 6.07) is 12.0. The smallest absolute Gasteiger partial charge is 0.294 e. The molecule has 0 unspecified atom stereocenters. The molecule has 3 rings (SSSR count). The van der Waals surface area contributed by atoms with Crippen molar-refractivity contribution in [2.75, 3.05) is 11.9 Å². The lowest BCUT2D eigenvalue weighted by Gasteiger charge is -2.12. The van der Waals surface area contributed by atoms with Crippen molar-refractivity contribution >= 4 is 79.7 Å². The van der Waals surface area contributed by atoms with Crippen LogP contribution in [0.3, 0.4) is 0 Å². The molecule has 27 heavy (non-hydrogen) atoms. The van der Waals surface area contributed by atoms with E-state index >= 15 is 0 Å². The number of rotatable bonds is 4. The molecule has 138 valence electrons. The van der Waals surface area contributed by atoms with Crippen LogP contribution in [0.1, 0.15) is 5.56 Å². The lowest BCUT2D eigenvalue weighted by Crippen LogP contribution is -2.36. The molecule has 0 spiro atoms. The van der Waals surface area contributed by atoms with Gasteiger partial charge in [-0.3, -0.25) is 19.3 Å². The van der Waals surface area contributed by atoms with Crippen LogP contribution in [0.5, 0.6) is 0 Å². The summed E-state index contributed by atoms with van der Waals surface area (Å²) < 4.78 is 0.872. The lowest BCUT2D eigenvalue weighted by atomic mass is 10.2.